The van der Waals surface area contributed by atoms with E-state index in [1.165, 1.54) is 0 Å². The van der Waals surface area contributed by atoms with Gasteiger partial charge in [-0.3, -0.25) is 0 Å². The molecule has 0 bridgehead atoms. The number of rotatable bonds is 3. The van der Waals surface area contributed by atoms with Crippen LogP contribution in [0, 0.1) is 0 Å². The number of nitrogens with zero attached hydrogens (tertiary/aromatic N) is 1. The predicted molar refractivity (Wildman–Crippen MR) is 77.6 cm³/mol. The van der Waals surface area contributed by atoms with Crippen LogP contribution in [0.5, 0.6) is 0 Å². The second kappa shape index (κ2) is 5.38. The van der Waals surface area contributed by atoms with E-state index in [1.807, 2.05) is 50.7 Å². The number of para-hydroxylation sites is 2. The van der Waals surface area contributed by atoms with Crippen LogP contribution < -0.4 is 0 Å². The molecule has 0 aliphatic heterocycles. The molecule has 1 aromatic carbocycles. The normalized spacial score (nSPS) is 13.5. The molecule has 0 amide bonds. The molecule has 0 aliphatic rings. The summed E-state index contributed by atoms with van der Waals surface area (Å²) in [5, 5.41) is 0.705. The first-order valence-electron chi connectivity index (χ1n) is 6.23. The van der Waals surface area contributed by atoms with E-state index in [9.17, 15) is 4.79 Å². The molecular formula is C14H19AsN2O2. The quantitative estimate of drug-likeness (QED) is 0.882. The molecule has 0 spiro atoms. The molecule has 0 radical (unpaired) electrons. The Morgan fingerprint density at radius 2 is 2.05 bits per heavy atom. The number of hydrogen-bond acceptors (Lipinski definition) is 3. The van der Waals surface area contributed by atoms with Crippen LogP contribution in [-0.4, -0.2) is 35.0 Å². The molecule has 4 nitrogen and oxygen atoms in total. The van der Waals surface area contributed by atoms with E-state index < -0.39 is 20.3 Å². The van der Waals surface area contributed by atoms with Crippen LogP contribution in [0.4, 0.5) is 4.79 Å². The van der Waals surface area contributed by atoms with Crippen molar-refractivity contribution >= 4 is 30.4 Å². The van der Waals surface area contributed by atoms with Crippen molar-refractivity contribution in [3.8, 4) is 0 Å². The minimum atomic E-state index is -1.71. The van der Waals surface area contributed by atoms with Crippen LogP contribution in [0.15, 0.2) is 24.3 Å². The van der Waals surface area contributed by atoms with Crippen molar-refractivity contribution in [1.82, 2.24) is 9.97 Å². The molecule has 0 fully saturated rings. The summed E-state index contributed by atoms with van der Waals surface area (Å²) >= 11 is -1.71. The third-order valence-electron chi connectivity index (χ3n) is 2.53. The molecule has 102 valence electrons. The number of carbonyl (C=O) groups excluding carboxylic acids is 1. The first-order chi connectivity index (χ1) is 8.85. The van der Waals surface area contributed by atoms with Gasteiger partial charge in [0.25, 0.3) is 0 Å². The summed E-state index contributed by atoms with van der Waals surface area (Å²) < 4.78 is 5.39. The number of ether oxygens (including phenoxy) is 1. The Kier molecular flexibility index (Phi) is 4.00. The molecule has 0 saturated heterocycles. The van der Waals surface area contributed by atoms with Crippen LogP contribution in [0.3, 0.4) is 0 Å². The Bertz CT molecular complexity index is 553. The number of aromatic amines is 1. The Labute approximate surface area is 117 Å². The monoisotopic (exact) mass is 322 g/mol. The molecule has 0 aliphatic carbocycles. The molecule has 1 N–H and O–H groups in total. The number of hydrogen-bond donors (Lipinski definition) is 1. The zero-order valence-electron chi connectivity index (χ0n) is 11.7. The number of carbonyl (C=O) groups is 1. The van der Waals surface area contributed by atoms with Gasteiger partial charge in [0.15, 0.2) is 0 Å². The van der Waals surface area contributed by atoms with Crippen molar-refractivity contribution in [1.29, 1.82) is 0 Å². The topological polar surface area (TPSA) is 55.0 Å². The summed E-state index contributed by atoms with van der Waals surface area (Å²) in [5.41, 5.74) is 3.57. The molecule has 2 rings (SSSR count). The van der Waals surface area contributed by atoms with Crippen molar-refractivity contribution in [2.75, 3.05) is 0 Å². The van der Waals surface area contributed by atoms with Crippen LogP contribution in [-0.2, 0) is 9.95 Å². The van der Waals surface area contributed by atoms with E-state index in [1.54, 1.807) is 0 Å². The van der Waals surface area contributed by atoms with Crippen LogP contribution in [0.25, 0.3) is 11.0 Å². The Morgan fingerprint density at radius 1 is 1.37 bits per heavy atom. The van der Waals surface area contributed by atoms with Gasteiger partial charge in [-0.2, -0.15) is 0 Å². The third kappa shape index (κ3) is 3.84. The Morgan fingerprint density at radius 3 is 2.68 bits per heavy atom. The summed E-state index contributed by atoms with van der Waals surface area (Å²) in [6.45, 7) is 5.69. The van der Waals surface area contributed by atoms with Crippen molar-refractivity contribution in [2.45, 2.75) is 37.3 Å². The van der Waals surface area contributed by atoms with Gasteiger partial charge in [-0.15, -0.1) is 0 Å². The van der Waals surface area contributed by atoms with Gasteiger partial charge in [-0.1, -0.05) is 0 Å². The van der Waals surface area contributed by atoms with Gasteiger partial charge in [0.2, 0.25) is 0 Å². The summed E-state index contributed by atoms with van der Waals surface area (Å²) in [6.07, 6.45) is 0. The summed E-state index contributed by atoms with van der Waals surface area (Å²) in [4.78, 5) is 19.7. The average Bonchev–Trinajstić information content (AvgIpc) is 2.68. The zero-order valence-corrected chi connectivity index (χ0v) is 13.6. The molecule has 5 heteroatoms. The van der Waals surface area contributed by atoms with Gasteiger partial charge in [0, 0.05) is 0 Å². The van der Waals surface area contributed by atoms with Crippen molar-refractivity contribution < 1.29 is 9.53 Å². The van der Waals surface area contributed by atoms with Crippen molar-refractivity contribution in [3.63, 3.8) is 0 Å². The SMILES string of the molecule is C[As](Cc1nc2ccccc2[nH]1)C(=O)OC(C)(C)C. The fraction of sp³-hybridized carbons (Fsp3) is 0.429. The predicted octanol–water partition coefficient (Wildman–Crippen LogP) is 3.29. The first kappa shape index (κ1) is 14.1. The van der Waals surface area contributed by atoms with E-state index in [4.69, 9.17) is 4.74 Å². The Balaban J connectivity index is 2.06. The van der Waals surface area contributed by atoms with E-state index in [2.05, 4.69) is 9.97 Å². The summed E-state index contributed by atoms with van der Waals surface area (Å²) in [7, 11) is 0. The van der Waals surface area contributed by atoms with Gasteiger partial charge in [-0.25, -0.2) is 0 Å². The first-order valence-corrected chi connectivity index (χ1v) is 10.4. The number of fused-ring (bicyclic) bond motifs is 1. The maximum absolute atomic E-state index is 12.0. The van der Waals surface area contributed by atoms with Gasteiger partial charge in [0.1, 0.15) is 0 Å². The third-order valence-corrected chi connectivity index (χ3v) is 5.65. The Hall–Kier alpha value is -1.28. The fourth-order valence-electron chi connectivity index (χ4n) is 1.71. The summed E-state index contributed by atoms with van der Waals surface area (Å²) in [5.74, 6) is 0.884. The number of nitrogens with one attached hydrogen (secondary N) is 1. The van der Waals surface area contributed by atoms with Gasteiger partial charge in [-0.05, 0) is 0 Å². The molecule has 1 aromatic heterocycles. The fourth-order valence-corrected chi connectivity index (χ4v) is 4.14. The molecule has 1 heterocycles. The van der Waals surface area contributed by atoms with Crippen molar-refractivity contribution in [3.05, 3.63) is 30.1 Å². The van der Waals surface area contributed by atoms with Gasteiger partial charge < -0.3 is 0 Å². The molecule has 2 aromatic rings. The zero-order chi connectivity index (χ0) is 14.0. The number of benzene rings is 1. The van der Waals surface area contributed by atoms with E-state index >= 15 is 0 Å². The van der Waals surface area contributed by atoms with Crippen LogP contribution in [0.1, 0.15) is 26.6 Å². The van der Waals surface area contributed by atoms with E-state index in [0.717, 1.165) is 16.9 Å². The summed E-state index contributed by atoms with van der Waals surface area (Å²) in [6, 6.07) is 7.89. The van der Waals surface area contributed by atoms with E-state index in [-0.39, 0.29) is 4.76 Å². The standard InChI is InChI=1S/C14H19AsN2O2/c1-14(2,3)19-13(18)15(4)9-12-16-10-7-5-6-8-11(10)17-12/h5-8H,9H2,1-4H3,(H,16,17). The van der Waals surface area contributed by atoms with Gasteiger partial charge in [0.05, 0.1) is 0 Å². The second-order valence-corrected chi connectivity index (χ2v) is 9.90. The average molecular weight is 322 g/mol. The molecule has 0 saturated carbocycles. The van der Waals surface area contributed by atoms with E-state index in [0.29, 0.717) is 5.21 Å². The number of imidazole rings is 1. The van der Waals surface area contributed by atoms with Crippen LogP contribution in [0.2, 0.25) is 5.71 Å². The number of aromatic nitrogens is 2. The molecular weight excluding hydrogens is 303 g/mol. The second-order valence-electron chi connectivity index (χ2n) is 5.54. The van der Waals surface area contributed by atoms with Crippen LogP contribution >= 0.6 is 0 Å². The molecule has 19 heavy (non-hydrogen) atoms. The minimum absolute atomic E-state index is 0.0412. The van der Waals surface area contributed by atoms with Crippen molar-refractivity contribution in [2.24, 2.45) is 0 Å². The van der Waals surface area contributed by atoms with Gasteiger partial charge >= 0.3 is 117 Å². The molecule has 1 unspecified atom stereocenters. The number of H-pyrrole nitrogens is 1. The molecule has 1 atom stereocenters. The maximum atomic E-state index is 12.0.